The van der Waals surface area contributed by atoms with Gasteiger partial charge in [-0.15, -0.1) is 0 Å². The van der Waals surface area contributed by atoms with Gasteiger partial charge in [0.25, 0.3) is 0 Å². The smallest absolute Gasteiger partial charge is 0.229 e. The number of amides is 1. The van der Waals surface area contributed by atoms with Gasteiger partial charge in [-0.3, -0.25) is 4.79 Å². The molecule has 0 aromatic heterocycles. The number of rotatable bonds is 2. The van der Waals surface area contributed by atoms with Crippen molar-refractivity contribution in [2.75, 3.05) is 26.4 Å². The Morgan fingerprint density at radius 3 is 2.83 bits per heavy atom. The van der Waals surface area contributed by atoms with Crippen LogP contribution in [0.25, 0.3) is 0 Å². The quantitative estimate of drug-likeness (QED) is 0.837. The summed E-state index contributed by atoms with van der Waals surface area (Å²) < 4.78 is 17.1. The molecule has 5 nitrogen and oxygen atoms in total. The third kappa shape index (κ3) is 2.95. The average molecular weight is 317 g/mol. The molecule has 3 aliphatic rings. The molecular formula is C18H23NO4. The number of para-hydroxylation sites is 1. The van der Waals surface area contributed by atoms with E-state index in [1.807, 2.05) is 29.2 Å². The molecule has 0 aliphatic carbocycles. The summed E-state index contributed by atoms with van der Waals surface area (Å²) in [5.74, 6) is 0.990. The lowest BCUT2D eigenvalue weighted by Gasteiger charge is -2.40. The maximum Gasteiger partial charge on any atom is 0.229 e. The molecule has 3 aliphatic heterocycles. The van der Waals surface area contributed by atoms with Gasteiger partial charge in [0.05, 0.1) is 25.2 Å². The number of hydrogen-bond donors (Lipinski definition) is 0. The number of carbonyl (C=O) groups is 1. The standard InChI is InChI=1S/C18H23NO4/c20-17(14-11-13-5-1-2-7-16(13)23-12-14)19-8-4-3-6-15(19)18-21-9-10-22-18/h1-2,5,7,14-15,18H,3-4,6,8-12H2. The molecule has 1 amide bonds. The highest BCUT2D eigenvalue weighted by Crippen LogP contribution is 2.31. The molecule has 0 radical (unpaired) electrons. The van der Waals surface area contributed by atoms with Crippen molar-refractivity contribution in [1.82, 2.24) is 4.90 Å². The number of ether oxygens (including phenoxy) is 3. The van der Waals surface area contributed by atoms with Gasteiger partial charge in [0.1, 0.15) is 12.4 Å². The first-order chi connectivity index (χ1) is 11.3. The SMILES string of the molecule is O=C(C1COc2ccccc2C1)N1CCCCC1C1OCCO1. The number of benzene rings is 1. The van der Waals surface area contributed by atoms with E-state index in [0.29, 0.717) is 19.8 Å². The third-order valence-corrected chi connectivity index (χ3v) is 5.02. The van der Waals surface area contributed by atoms with Crippen LogP contribution >= 0.6 is 0 Å². The molecule has 1 aromatic carbocycles. The normalized spacial score (nSPS) is 28.3. The highest BCUT2D eigenvalue weighted by atomic mass is 16.7. The molecule has 124 valence electrons. The first-order valence-corrected chi connectivity index (χ1v) is 8.57. The Morgan fingerprint density at radius 2 is 1.96 bits per heavy atom. The highest BCUT2D eigenvalue weighted by Gasteiger charge is 2.39. The van der Waals surface area contributed by atoms with E-state index in [9.17, 15) is 4.79 Å². The van der Waals surface area contributed by atoms with E-state index in [-0.39, 0.29) is 24.2 Å². The maximum atomic E-state index is 13.1. The van der Waals surface area contributed by atoms with E-state index >= 15 is 0 Å². The summed E-state index contributed by atoms with van der Waals surface area (Å²) in [6.45, 7) is 2.52. The van der Waals surface area contributed by atoms with E-state index in [1.165, 1.54) is 0 Å². The molecule has 2 unspecified atom stereocenters. The lowest BCUT2D eigenvalue weighted by atomic mass is 9.93. The van der Waals surface area contributed by atoms with Crippen molar-refractivity contribution in [2.24, 2.45) is 5.92 Å². The molecule has 3 heterocycles. The number of fused-ring (bicyclic) bond motifs is 1. The zero-order valence-corrected chi connectivity index (χ0v) is 13.3. The Kier molecular flexibility index (Phi) is 4.23. The van der Waals surface area contributed by atoms with Crippen LogP contribution < -0.4 is 4.74 Å². The van der Waals surface area contributed by atoms with Crippen molar-refractivity contribution in [1.29, 1.82) is 0 Å². The minimum Gasteiger partial charge on any atom is -0.492 e. The Hall–Kier alpha value is -1.59. The molecule has 23 heavy (non-hydrogen) atoms. The van der Waals surface area contributed by atoms with Gasteiger partial charge in [-0.05, 0) is 37.3 Å². The second-order valence-corrected chi connectivity index (χ2v) is 6.52. The number of nitrogens with zero attached hydrogens (tertiary/aromatic N) is 1. The Morgan fingerprint density at radius 1 is 1.13 bits per heavy atom. The molecule has 2 fully saturated rings. The molecule has 0 N–H and O–H groups in total. The summed E-state index contributed by atoms with van der Waals surface area (Å²) in [4.78, 5) is 15.1. The Labute approximate surface area is 136 Å². The van der Waals surface area contributed by atoms with Crippen LogP contribution in [0.15, 0.2) is 24.3 Å². The topological polar surface area (TPSA) is 48.0 Å². The minimum absolute atomic E-state index is 0.0518. The van der Waals surface area contributed by atoms with Crippen LogP contribution in [0.1, 0.15) is 24.8 Å². The minimum atomic E-state index is -0.254. The lowest BCUT2D eigenvalue weighted by molar-refractivity contribution is -0.155. The van der Waals surface area contributed by atoms with E-state index in [0.717, 1.165) is 43.5 Å². The molecule has 2 atom stereocenters. The molecule has 0 bridgehead atoms. The number of likely N-dealkylation sites (tertiary alicyclic amines) is 1. The van der Waals surface area contributed by atoms with E-state index in [2.05, 4.69) is 0 Å². The number of carbonyl (C=O) groups excluding carboxylic acids is 1. The third-order valence-electron chi connectivity index (χ3n) is 5.02. The van der Waals surface area contributed by atoms with Crippen molar-refractivity contribution >= 4 is 5.91 Å². The van der Waals surface area contributed by atoms with Gasteiger partial charge < -0.3 is 19.1 Å². The molecule has 1 aromatic rings. The molecule has 0 spiro atoms. The van der Waals surface area contributed by atoms with E-state index in [4.69, 9.17) is 14.2 Å². The fraction of sp³-hybridized carbons (Fsp3) is 0.611. The van der Waals surface area contributed by atoms with Crippen LogP contribution in [0.4, 0.5) is 0 Å². The van der Waals surface area contributed by atoms with Gasteiger partial charge in [0.2, 0.25) is 5.91 Å². The van der Waals surface area contributed by atoms with Crippen LogP contribution in [-0.4, -0.2) is 49.5 Å². The fourth-order valence-electron chi connectivity index (χ4n) is 3.83. The zero-order valence-electron chi connectivity index (χ0n) is 13.3. The molecule has 2 saturated heterocycles. The lowest BCUT2D eigenvalue weighted by Crippen LogP contribution is -2.53. The molecule has 0 saturated carbocycles. The fourth-order valence-corrected chi connectivity index (χ4v) is 3.83. The monoisotopic (exact) mass is 317 g/mol. The van der Waals surface area contributed by atoms with Gasteiger partial charge in [-0.25, -0.2) is 0 Å². The average Bonchev–Trinajstić information content (AvgIpc) is 3.15. The summed E-state index contributed by atoms with van der Waals surface area (Å²) in [6.07, 6.45) is 3.64. The molecular weight excluding hydrogens is 294 g/mol. The molecule has 5 heteroatoms. The number of piperidine rings is 1. The van der Waals surface area contributed by atoms with Crippen LogP contribution in [0.2, 0.25) is 0 Å². The van der Waals surface area contributed by atoms with Crippen molar-refractivity contribution in [3.63, 3.8) is 0 Å². The zero-order chi connectivity index (χ0) is 15.6. The van der Waals surface area contributed by atoms with Gasteiger partial charge in [-0.1, -0.05) is 18.2 Å². The van der Waals surface area contributed by atoms with Crippen LogP contribution in [0.5, 0.6) is 5.75 Å². The summed E-state index contributed by atoms with van der Waals surface area (Å²) >= 11 is 0. The first-order valence-electron chi connectivity index (χ1n) is 8.57. The summed E-state index contributed by atoms with van der Waals surface area (Å²) in [5.41, 5.74) is 1.12. The van der Waals surface area contributed by atoms with E-state index < -0.39 is 0 Å². The van der Waals surface area contributed by atoms with Crippen molar-refractivity contribution in [3.8, 4) is 5.75 Å². The van der Waals surface area contributed by atoms with Crippen molar-refractivity contribution < 1.29 is 19.0 Å². The van der Waals surface area contributed by atoms with Gasteiger partial charge in [0, 0.05) is 6.54 Å². The van der Waals surface area contributed by atoms with Gasteiger partial charge >= 0.3 is 0 Å². The summed E-state index contributed by atoms with van der Waals surface area (Å²) in [7, 11) is 0. The predicted octanol–water partition coefficient (Wildman–Crippen LogP) is 1.99. The summed E-state index contributed by atoms with van der Waals surface area (Å²) in [6, 6.07) is 8.04. The second kappa shape index (κ2) is 6.49. The van der Waals surface area contributed by atoms with Gasteiger partial charge in [-0.2, -0.15) is 0 Å². The first kappa shape index (κ1) is 15.0. The number of hydrogen-bond acceptors (Lipinski definition) is 4. The Bertz CT molecular complexity index is 570. The van der Waals surface area contributed by atoms with Crippen LogP contribution in [0.3, 0.4) is 0 Å². The highest BCUT2D eigenvalue weighted by molar-refractivity contribution is 5.80. The van der Waals surface area contributed by atoms with Crippen LogP contribution in [0, 0.1) is 5.92 Å². The maximum absolute atomic E-state index is 13.1. The predicted molar refractivity (Wildman–Crippen MR) is 84.2 cm³/mol. The largest absolute Gasteiger partial charge is 0.492 e. The van der Waals surface area contributed by atoms with E-state index in [1.54, 1.807) is 0 Å². The van der Waals surface area contributed by atoms with Crippen molar-refractivity contribution in [3.05, 3.63) is 29.8 Å². The van der Waals surface area contributed by atoms with Crippen molar-refractivity contribution in [2.45, 2.75) is 38.0 Å². The second-order valence-electron chi connectivity index (χ2n) is 6.52. The summed E-state index contributed by atoms with van der Waals surface area (Å²) in [5, 5.41) is 0. The van der Waals surface area contributed by atoms with Gasteiger partial charge in [0.15, 0.2) is 6.29 Å². The molecule has 4 rings (SSSR count). The Balaban J connectivity index is 1.49. The van der Waals surface area contributed by atoms with Crippen LogP contribution in [-0.2, 0) is 20.7 Å².